The average Bonchev–Trinajstić information content (AvgIpc) is 2.63. The van der Waals surface area contributed by atoms with E-state index in [1.54, 1.807) is 0 Å². The van der Waals surface area contributed by atoms with Crippen LogP contribution in [0.3, 0.4) is 0 Å². The van der Waals surface area contributed by atoms with Crippen molar-refractivity contribution in [3.63, 3.8) is 0 Å². The standard InChI is InChI=1S/C11H8BrClN2O3/c12-7-4-6(10-14-11(13)18-15-10)5-8-9(7)17-3-1-2-16-8/h4-5H,1-3H2. The Balaban J connectivity index is 2.07. The summed E-state index contributed by atoms with van der Waals surface area (Å²) >= 11 is 9.06. The van der Waals surface area contributed by atoms with Crippen LogP contribution >= 0.6 is 27.5 Å². The molecule has 7 heteroatoms. The summed E-state index contributed by atoms with van der Waals surface area (Å²) in [5.74, 6) is 1.78. The van der Waals surface area contributed by atoms with Gasteiger partial charge in [0.25, 0.3) is 0 Å². The molecule has 0 saturated heterocycles. The van der Waals surface area contributed by atoms with Crippen LogP contribution in [-0.4, -0.2) is 23.4 Å². The Morgan fingerprint density at radius 1 is 1.22 bits per heavy atom. The number of aromatic nitrogens is 2. The summed E-state index contributed by atoms with van der Waals surface area (Å²) in [5, 5.41) is 3.77. The number of hydrogen-bond donors (Lipinski definition) is 0. The summed E-state index contributed by atoms with van der Waals surface area (Å²) < 4.78 is 16.8. The number of nitrogens with zero attached hydrogens (tertiary/aromatic N) is 2. The lowest BCUT2D eigenvalue weighted by atomic mass is 10.2. The zero-order valence-electron chi connectivity index (χ0n) is 9.15. The highest BCUT2D eigenvalue weighted by Gasteiger charge is 2.18. The second-order valence-corrected chi connectivity index (χ2v) is 4.88. The molecule has 0 N–H and O–H groups in total. The van der Waals surface area contributed by atoms with Gasteiger partial charge in [0.2, 0.25) is 5.82 Å². The summed E-state index contributed by atoms with van der Waals surface area (Å²) in [6, 6.07) is 3.65. The molecule has 0 spiro atoms. The first-order chi connectivity index (χ1) is 8.74. The fourth-order valence-electron chi connectivity index (χ4n) is 1.68. The van der Waals surface area contributed by atoms with Crippen LogP contribution in [-0.2, 0) is 0 Å². The maximum atomic E-state index is 5.62. The molecule has 0 aliphatic carbocycles. The van der Waals surface area contributed by atoms with E-state index in [0.29, 0.717) is 30.5 Å². The molecule has 0 amide bonds. The molecule has 0 fully saturated rings. The second-order valence-electron chi connectivity index (χ2n) is 3.71. The van der Waals surface area contributed by atoms with Crippen LogP contribution in [0.1, 0.15) is 6.42 Å². The van der Waals surface area contributed by atoms with Crippen molar-refractivity contribution in [3.05, 3.63) is 22.0 Å². The topological polar surface area (TPSA) is 57.4 Å². The predicted molar refractivity (Wildman–Crippen MR) is 68.1 cm³/mol. The van der Waals surface area contributed by atoms with Crippen LogP contribution in [0, 0.1) is 0 Å². The third-order valence-electron chi connectivity index (χ3n) is 2.46. The van der Waals surface area contributed by atoms with Crippen LogP contribution in [0.25, 0.3) is 11.4 Å². The second kappa shape index (κ2) is 4.78. The molecule has 18 heavy (non-hydrogen) atoms. The zero-order valence-corrected chi connectivity index (χ0v) is 11.5. The third kappa shape index (κ3) is 2.18. The van der Waals surface area contributed by atoms with E-state index >= 15 is 0 Å². The highest BCUT2D eigenvalue weighted by Crippen LogP contribution is 2.40. The van der Waals surface area contributed by atoms with E-state index < -0.39 is 0 Å². The van der Waals surface area contributed by atoms with Crippen LogP contribution < -0.4 is 9.47 Å². The molecule has 0 bridgehead atoms. The molecule has 3 rings (SSSR count). The molecular formula is C11H8BrClN2O3. The van der Waals surface area contributed by atoms with Gasteiger partial charge in [-0.3, -0.25) is 0 Å². The molecule has 2 aromatic rings. The number of halogens is 2. The van der Waals surface area contributed by atoms with Crippen LogP contribution in [0.15, 0.2) is 21.1 Å². The molecule has 0 radical (unpaired) electrons. The summed E-state index contributed by atoms with van der Waals surface area (Å²) in [4.78, 5) is 3.96. The van der Waals surface area contributed by atoms with Crippen molar-refractivity contribution in [1.29, 1.82) is 0 Å². The minimum Gasteiger partial charge on any atom is -0.489 e. The van der Waals surface area contributed by atoms with Gasteiger partial charge in [0.1, 0.15) is 0 Å². The van der Waals surface area contributed by atoms with Gasteiger partial charge in [-0.25, -0.2) is 0 Å². The van der Waals surface area contributed by atoms with E-state index in [-0.39, 0.29) is 5.35 Å². The number of ether oxygens (including phenoxy) is 2. The Kier molecular flexibility index (Phi) is 3.13. The van der Waals surface area contributed by atoms with E-state index in [4.69, 9.17) is 25.6 Å². The minimum atomic E-state index is 0.00762. The van der Waals surface area contributed by atoms with E-state index in [1.165, 1.54) is 0 Å². The molecule has 1 aliphatic rings. The molecule has 0 saturated carbocycles. The number of benzene rings is 1. The van der Waals surface area contributed by atoms with Crippen molar-refractivity contribution in [2.45, 2.75) is 6.42 Å². The highest BCUT2D eigenvalue weighted by atomic mass is 79.9. The predicted octanol–water partition coefficient (Wildman–Crippen LogP) is 3.31. The normalized spacial score (nSPS) is 14.3. The summed E-state index contributed by atoms with van der Waals surface area (Å²) in [5.41, 5.74) is 0.752. The van der Waals surface area contributed by atoms with Gasteiger partial charge in [-0.1, -0.05) is 5.16 Å². The van der Waals surface area contributed by atoms with Gasteiger partial charge in [-0.2, -0.15) is 4.98 Å². The quantitative estimate of drug-likeness (QED) is 0.802. The SMILES string of the molecule is Clc1nc(-c2cc(Br)c3c(c2)OCCCO3)no1. The van der Waals surface area contributed by atoms with E-state index in [1.807, 2.05) is 12.1 Å². The molecule has 5 nitrogen and oxygen atoms in total. The van der Waals surface area contributed by atoms with Crippen molar-refractivity contribution in [1.82, 2.24) is 10.1 Å². The van der Waals surface area contributed by atoms with Gasteiger partial charge in [-0.05, 0) is 39.7 Å². The Labute approximate surface area is 116 Å². The molecule has 94 valence electrons. The van der Waals surface area contributed by atoms with Crippen LogP contribution in [0.4, 0.5) is 0 Å². The molecular weight excluding hydrogens is 323 g/mol. The fraction of sp³-hybridized carbons (Fsp3) is 0.273. The largest absolute Gasteiger partial charge is 0.489 e. The summed E-state index contributed by atoms with van der Waals surface area (Å²) in [7, 11) is 0. The maximum Gasteiger partial charge on any atom is 0.320 e. The first kappa shape index (κ1) is 11.8. The van der Waals surface area contributed by atoms with Gasteiger partial charge in [0.05, 0.1) is 17.7 Å². The minimum absolute atomic E-state index is 0.00762. The first-order valence-corrected chi connectivity index (χ1v) is 6.50. The van der Waals surface area contributed by atoms with Crippen LogP contribution in [0.5, 0.6) is 11.5 Å². The van der Waals surface area contributed by atoms with Crippen LogP contribution in [0.2, 0.25) is 5.35 Å². The zero-order chi connectivity index (χ0) is 12.5. The van der Waals surface area contributed by atoms with E-state index in [2.05, 4.69) is 26.1 Å². The first-order valence-electron chi connectivity index (χ1n) is 5.33. The number of rotatable bonds is 1. The molecule has 0 unspecified atom stereocenters. The Morgan fingerprint density at radius 3 is 2.83 bits per heavy atom. The lowest BCUT2D eigenvalue weighted by Gasteiger charge is -2.10. The van der Waals surface area contributed by atoms with E-state index in [9.17, 15) is 0 Å². The van der Waals surface area contributed by atoms with Gasteiger partial charge >= 0.3 is 5.35 Å². The smallest absolute Gasteiger partial charge is 0.320 e. The lowest BCUT2D eigenvalue weighted by Crippen LogP contribution is -1.97. The molecule has 2 heterocycles. The van der Waals surface area contributed by atoms with Gasteiger partial charge in [0, 0.05) is 12.0 Å². The number of fused-ring (bicyclic) bond motifs is 1. The van der Waals surface area contributed by atoms with Crippen molar-refractivity contribution in [3.8, 4) is 22.9 Å². The maximum absolute atomic E-state index is 5.62. The molecule has 1 aliphatic heterocycles. The van der Waals surface area contributed by atoms with Crippen molar-refractivity contribution >= 4 is 27.5 Å². The van der Waals surface area contributed by atoms with Crippen molar-refractivity contribution < 1.29 is 14.0 Å². The summed E-state index contributed by atoms with van der Waals surface area (Å²) in [6.45, 7) is 1.26. The molecule has 1 aromatic heterocycles. The van der Waals surface area contributed by atoms with Crippen molar-refractivity contribution in [2.75, 3.05) is 13.2 Å². The average molecular weight is 332 g/mol. The Morgan fingerprint density at radius 2 is 2.06 bits per heavy atom. The monoisotopic (exact) mass is 330 g/mol. The lowest BCUT2D eigenvalue weighted by molar-refractivity contribution is 0.296. The fourth-order valence-corrected chi connectivity index (χ4v) is 2.35. The molecule has 0 atom stereocenters. The Bertz CT molecular complexity index is 588. The molecule has 1 aromatic carbocycles. The van der Waals surface area contributed by atoms with Gasteiger partial charge < -0.3 is 14.0 Å². The van der Waals surface area contributed by atoms with E-state index in [0.717, 1.165) is 16.5 Å². The van der Waals surface area contributed by atoms with Gasteiger partial charge in [-0.15, -0.1) is 0 Å². The number of hydrogen-bond acceptors (Lipinski definition) is 5. The van der Waals surface area contributed by atoms with Crippen molar-refractivity contribution in [2.24, 2.45) is 0 Å². The third-order valence-corrected chi connectivity index (χ3v) is 3.20. The van der Waals surface area contributed by atoms with Gasteiger partial charge in [0.15, 0.2) is 11.5 Å². The highest BCUT2D eigenvalue weighted by molar-refractivity contribution is 9.10. The Hall–Kier alpha value is -1.27. The summed E-state index contributed by atoms with van der Waals surface area (Å²) in [6.07, 6.45) is 0.852.